The Hall–Kier alpha value is -3.48. The maximum Gasteiger partial charge on any atom is 0.227 e. The van der Waals surface area contributed by atoms with Crippen LogP contribution in [0.2, 0.25) is 0 Å². The number of hydrogen-bond acceptors (Lipinski definition) is 7. The van der Waals surface area contributed by atoms with Crippen LogP contribution in [0.15, 0.2) is 48.7 Å². The molecule has 1 saturated heterocycles. The second-order valence-corrected chi connectivity index (χ2v) is 8.62. The number of anilines is 5. The van der Waals surface area contributed by atoms with E-state index in [2.05, 4.69) is 77.0 Å². The highest BCUT2D eigenvalue weighted by Gasteiger charge is 2.21. The minimum atomic E-state index is 0.795. The Balaban J connectivity index is 1.50. The standard InChI is InChI=1S/C27H36N6O/c1-6-28-24-18-21(4)25(19-20(24)3)33(7-2)26-12-13-29-27(30-26)32-16-14-31(15-17-32)22-8-10-23(34-5)11-9-22/h8-13,18-19,28H,6-7,14-17H2,1-5H3. The average molecular weight is 461 g/mol. The molecule has 3 aromatic rings. The van der Waals surface area contributed by atoms with Crippen LogP contribution in [0.5, 0.6) is 5.75 Å². The summed E-state index contributed by atoms with van der Waals surface area (Å²) in [6, 6.07) is 14.8. The van der Waals surface area contributed by atoms with E-state index in [0.29, 0.717) is 0 Å². The van der Waals surface area contributed by atoms with Crippen LogP contribution in [0.25, 0.3) is 0 Å². The second-order valence-electron chi connectivity index (χ2n) is 8.62. The second kappa shape index (κ2) is 10.6. The Morgan fingerprint density at radius 3 is 2.29 bits per heavy atom. The summed E-state index contributed by atoms with van der Waals surface area (Å²) in [6.07, 6.45) is 1.88. The number of ether oxygens (including phenoxy) is 1. The van der Waals surface area contributed by atoms with E-state index in [0.717, 1.165) is 56.8 Å². The van der Waals surface area contributed by atoms with Gasteiger partial charge in [0.25, 0.3) is 0 Å². The van der Waals surface area contributed by atoms with Gasteiger partial charge in [-0.25, -0.2) is 4.98 Å². The predicted octanol–water partition coefficient (Wildman–Crippen LogP) is 5.02. The highest BCUT2D eigenvalue weighted by molar-refractivity contribution is 5.70. The SMILES string of the molecule is CCNc1cc(C)c(N(CC)c2ccnc(N3CCN(c4ccc(OC)cc4)CC3)n2)cc1C. The van der Waals surface area contributed by atoms with Crippen molar-refractivity contribution in [3.8, 4) is 5.75 Å². The van der Waals surface area contributed by atoms with Crippen molar-refractivity contribution in [3.63, 3.8) is 0 Å². The van der Waals surface area contributed by atoms with E-state index in [1.807, 2.05) is 24.4 Å². The van der Waals surface area contributed by atoms with Crippen molar-refractivity contribution in [3.05, 3.63) is 59.8 Å². The molecule has 0 amide bonds. The molecule has 0 spiro atoms. The zero-order chi connectivity index (χ0) is 24.1. The first-order valence-corrected chi connectivity index (χ1v) is 12.1. The fourth-order valence-corrected chi connectivity index (χ4v) is 4.53. The number of methoxy groups -OCH3 is 1. The lowest BCUT2D eigenvalue weighted by molar-refractivity contribution is 0.415. The third kappa shape index (κ3) is 5.03. The van der Waals surface area contributed by atoms with Crippen LogP contribution in [-0.2, 0) is 0 Å². The van der Waals surface area contributed by atoms with Crippen molar-refractivity contribution in [2.75, 3.05) is 66.4 Å². The number of rotatable bonds is 8. The molecule has 0 atom stereocenters. The van der Waals surface area contributed by atoms with E-state index in [4.69, 9.17) is 9.72 Å². The zero-order valence-corrected chi connectivity index (χ0v) is 21.0. The third-order valence-electron chi connectivity index (χ3n) is 6.42. The highest BCUT2D eigenvalue weighted by atomic mass is 16.5. The topological polar surface area (TPSA) is 56.8 Å². The lowest BCUT2D eigenvalue weighted by Gasteiger charge is -2.36. The van der Waals surface area contributed by atoms with Gasteiger partial charge in [-0.3, -0.25) is 0 Å². The molecule has 7 nitrogen and oxygen atoms in total. The van der Waals surface area contributed by atoms with E-state index in [-0.39, 0.29) is 0 Å². The van der Waals surface area contributed by atoms with Gasteiger partial charge in [0.2, 0.25) is 5.95 Å². The number of hydrogen-bond donors (Lipinski definition) is 1. The molecule has 2 aromatic carbocycles. The van der Waals surface area contributed by atoms with Gasteiger partial charge in [-0.15, -0.1) is 0 Å². The summed E-state index contributed by atoms with van der Waals surface area (Å²) >= 11 is 0. The number of aryl methyl sites for hydroxylation is 2. The van der Waals surface area contributed by atoms with Crippen LogP contribution in [0.4, 0.5) is 28.8 Å². The van der Waals surface area contributed by atoms with E-state index >= 15 is 0 Å². The monoisotopic (exact) mass is 460 g/mol. The summed E-state index contributed by atoms with van der Waals surface area (Å²) in [5.41, 5.74) is 6.08. The summed E-state index contributed by atoms with van der Waals surface area (Å²) < 4.78 is 5.28. The molecular weight excluding hydrogens is 424 g/mol. The molecule has 0 radical (unpaired) electrons. The lowest BCUT2D eigenvalue weighted by Crippen LogP contribution is -2.47. The number of aromatic nitrogens is 2. The summed E-state index contributed by atoms with van der Waals surface area (Å²) in [6.45, 7) is 14.0. The van der Waals surface area contributed by atoms with Crippen LogP contribution in [0.3, 0.4) is 0 Å². The number of nitrogens with one attached hydrogen (secondary N) is 1. The van der Waals surface area contributed by atoms with Gasteiger partial charge in [0.15, 0.2) is 0 Å². The molecule has 1 aromatic heterocycles. The summed E-state index contributed by atoms with van der Waals surface area (Å²) in [4.78, 5) is 16.6. The lowest BCUT2D eigenvalue weighted by atomic mass is 10.1. The maximum absolute atomic E-state index is 5.28. The molecule has 2 heterocycles. The molecule has 1 aliphatic heterocycles. The van der Waals surface area contributed by atoms with Crippen molar-refractivity contribution >= 4 is 28.8 Å². The van der Waals surface area contributed by atoms with E-state index in [9.17, 15) is 0 Å². The molecule has 1 aliphatic rings. The van der Waals surface area contributed by atoms with Gasteiger partial charge in [0, 0.05) is 62.5 Å². The van der Waals surface area contributed by atoms with Crippen molar-refractivity contribution in [2.24, 2.45) is 0 Å². The Morgan fingerprint density at radius 2 is 1.65 bits per heavy atom. The number of nitrogens with zero attached hydrogens (tertiary/aromatic N) is 5. The molecular formula is C27H36N6O. The summed E-state index contributed by atoms with van der Waals surface area (Å²) in [7, 11) is 1.70. The minimum Gasteiger partial charge on any atom is -0.497 e. The third-order valence-corrected chi connectivity index (χ3v) is 6.42. The largest absolute Gasteiger partial charge is 0.497 e. The molecule has 4 rings (SSSR count). The van der Waals surface area contributed by atoms with Crippen molar-refractivity contribution in [1.82, 2.24) is 9.97 Å². The molecule has 0 bridgehead atoms. The molecule has 0 saturated carbocycles. The van der Waals surface area contributed by atoms with Crippen molar-refractivity contribution in [2.45, 2.75) is 27.7 Å². The molecule has 34 heavy (non-hydrogen) atoms. The van der Waals surface area contributed by atoms with Gasteiger partial charge in [-0.05, 0) is 81.3 Å². The van der Waals surface area contributed by atoms with Crippen LogP contribution in [0.1, 0.15) is 25.0 Å². The molecule has 180 valence electrons. The van der Waals surface area contributed by atoms with Gasteiger partial charge < -0.3 is 24.8 Å². The van der Waals surface area contributed by atoms with Gasteiger partial charge in [0.1, 0.15) is 11.6 Å². The molecule has 7 heteroatoms. The first-order valence-electron chi connectivity index (χ1n) is 12.1. The molecule has 0 aliphatic carbocycles. The Morgan fingerprint density at radius 1 is 0.941 bits per heavy atom. The van der Waals surface area contributed by atoms with Gasteiger partial charge in [-0.2, -0.15) is 4.98 Å². The van der Waals surface area contributed by atoms with E-state index in [1.54, 1.807) is 7.11 Å². The molecule has 1 fully saturated rings. The summed E-state index contributed by atoms with van der Waals surface area (Å²) in [5.74, 6) is 2.61. The fraction of sp³-hybridized carbons (Fsp3) is 0.407. The minimum absolute atomic E-state index is 0.795. The smallest absolute Gasteiger partial charge is 0.227 e. The molecule has 0 unspecified atom stereocenters. The first kappa shape index (κ1) is 23.7. The average Bonchev–Trinajstić information content (AvgIpc) is 2.88. The Bertz CT molecular complexity index is 1090. The fourth-order valence-electron chi connectivity index (χ4n) is 4.53. The van der Waals surface area contributed by atoms with Crippen LogP contribution in [-0.4, -0.2) is 56.3 Å². The van der Waals surface area contributed by atoms with E-state index < -0.39 is 0 Å². The summed E-state index contributed by atoms with van der Waals surface area (Å²) in [5, 5.41) is 3.45. The van der Waals surface area contributed by atoms with E-state index in [1.165, 1.54) is 28.2 Å². The highest BCUT2D eigenvalue weighted by Crippen LogP contribution is 2.32. The zero-order valence-electron chi connectivity index (χ0n) is 21.0. The van der Waals surface area contributed by atoms with Gasteiger partial charge in [-0.1, -0.05) is 0 Å². The molecule has 1 N–H and O–H groups in total. The normalized spacial score (nSPS) is 13.7. The maximum atomic E-state index is 5.28. The first-order chi connectivity index (χ1) is 16.5. The van der Waals surface area contributed by atoms with Gasteiger partial charge in [0.05, 0.1) is 7.11 Å². The van der Waals surface area contributed by atoms with Crippen molar-refractivity contribution < 1.29 is 4.74 Å². The Labute approximate surface area is 203 Å². The van der Waals surface area contributed by atoms with Crippen LogP contribution >= 0.6 is 0 Å². The van der Waals surface area contributed by atoms with Gasteiger partial charge >= 0.3 is 0 Å². The van der Waals surface area contributed by atoms with Crippen LogP contribution in [0, 0.1) is 13.8 Å². The Kier molecular flexibility index (Phi) is 7.40. The predicted molar refractivity (Wildman–Crippen MR) is 142 cm³/mol. The van der Waals surface area contributed by atoms with Crippen molar-refractivity contribution in [1.29, 1.82) is 0 Å². The quantitative estimate of drug-likeness (QED) is 0.507. The number of benzene rings is 2. The van der Waals surface area contributed by atoms with Crippen LogP contribution < -0.4 is 24.8 Å². The number of piperazine rings is 1.